The molecule has 3 aromatic carbocycles. The average Bonchev–Trinajstić information content (AvgIpc) is 2.91. The number of benzene rings is 3. The standard InChI is InChI=1S/C25H21Cl/c1-17-22-14-13-21(26)15-24(22)18(2)23(17)16-25(19-9-5-3-6-10-19)20-11-7-4-8-12-20/h3-16,18H,1-2H3. The van der Waals surface area contributed by atoms with Crippen molar-refractivity contribution in [2.45, 2.75) is 19.8 Å². The van der Waals surface area contributed by atoms with Crippen LogP contribution in [0.1, 0.15) is 42.0 Å². The molecule has 0 N–H and O–H groups in total. The molecule has 0 spiro atoms. The molecule has 0 bridgehead atoms. The van der Waals surface area contributed by atoms with Crippen molar-refractivity contribution >= 4 is 22.7 Å². The predicted molar refractivity (Wildman–Crippen MR) is 112 cm³/mol. The molecule has 0 saturated heterocycles. The Hall–Kier alpha value is -2.57. The van der Waals surface area contributed by atoms with E-state index in [1.54, 1.807) is 0 Å². The maximum Gasteiger partial charge on any atom is 0.0409 e. The lowest BCUT2D eigenvalue weighted by molar-refractivity contribution is 0.947. The lowest BCUT2D eigenvalue weighted by Gasteiger charge is -2.13. The first kappa shape index (κ1) is 16.9. The van der Waals surface area contributed by atoms with Crippen LogP contribution in [0.3, 0.4) is 0 Å². The van der Waals surface area contributed by atoms with Gasteiger partial charge in [0.2, 0.25) is 0 Å². The van der Waals surface area contributed by atoms with Crippen molar-refractivity contribution in [3.05, 3.63) is 118 Å². The lowest BCUT2D eigenvalue weighted by atomic mass is 9.91. The molecule has 1 aliphatic rings. The molecule has 0 nitrogen and oxygen atoms in total. The van der Waals surface area contributed by atoms with Crippen molar-refractivity contribution in [2.75, 3.05) is 0 Å². The minimum atomic E-state index is 0.339. The van der Waals surface area contributed by atoms with Crippen LogP contribution >= 0.6 is 11.6 Å². The molecule has 0 radical (unpaired) electrons. The second-order valence-electron chi connectivity index (χ2n) is 6.82. The first-order valence-corrected chi connectivity index (χ1v) is 9.36. The first-order valence-electron chi connectivity index (χ1n) is 8.98. The number of halogens is 1. The van der Waals surface area contributed by atoms with E-state index in [1.807, 2.05) is 6.07 Å². The average molecular weight is 357 g/mol. The van der Waals surface area contributed by atoms with Gasteiger partial charge in [-0.15, -0.1) is 0 Å². The van der Waals surface area contributed by atoms with Crippen LogP contribution in [0, 0.1) is 0 Å². The van der Waals surface area contributed by atoms with Crippen molar-refractivity contribution in [2.24, 2.45) is 0 Å². The largest absolute Gasteiger partial charge is 0.0843 e. The maximum absolute atomic E-state index is 6.25. The third-order valence-electron chi connectivity index (χ3n) is 5.25. The lowest BCUT2D eigenvalue weighted by Crippen LogP contribution is -1.94. The predicted octanol–water partition coefficient (Wildman–Crippen LogP) is 7.36. The van der Waals surface area contributed by atoms with Crippen LogP contribution in [0.15, 0.2) is 90.5 Å². The number of hydrogen-bond donors (Lipinski definition) is 0. The van der Waals surface area contributed by atoms with E-state index in [0.717, 1.165) is 5.02 Å². The molecule has 0 aromatic heterocycles. The summed E-state index contributed by atoms with van der Waals surface area (Å²) in [6, 6.07) is 27.5. The highest BCUT2D eigenvalue weighted by Gasteiger charge is 2.25. The van der Waals surface area contributed by atoms with E-state index < -0.39 is 0 Å². The fourth-order valence-electron chi connectivity index (χ4n) is 3.84. The van der Waals surface area contributed by atoms with Crippen LogP contribution in [0.2, 0.25) is 5.02 Å². The second-order valence-corrected chi connectivity index (χ2v) is 7.26. The Balaban J connectivity index is 1.87. The van der Waals surface area contributed by atoms with Crippen LogP contribution in [0.25, 0.3) is 11.1 Å². The Kier molecular flexibility index (Phi) is 4.53. The number of rotatable bonds is 3. The summed E-state index contributed by atoms with van der Waals surface area (Å²) in [4.78, 5) is 0. The molecule has 1 heteroatoms. The molecule has 3 aromatic rings. The van der Waals surface area contributed by atoms with Crippen molar-refractivity contribution < 1.29 is 0 Å². The fraction of sp³-hybridized carbons (Fsp3) is 0.120. The second kappa shape index (κ2) is 6.97. The Morgan fingerprint density at radius 1 is 0.846 bits per heavy atom. The van der Waals surface area contributed by atoms with Crippen LogP contribution < -0.4 is 0 Å². The molecule has 0 heterocycles. The molecule has 0 saturated carbocycles. The number of hydrogen-bond acceptors (Lipinski definition) is 0. The van der Waals surface area contributed by atoms with Gasteiger partial charge < -0.3 is 0 Å². The van der Waals surface area contributed by atoms with Gasteiger partial charge in [-0.3, -0.25) is 0 Å². The van der Waals surface area contributed by atoms with Gasteiger partial charge in [-0.25, -0.2) is 0 Å². The molecule has 1 atom stereocenters. The normalized spacial score (nSPS) is 15.7. The summed E-state index contributed by atoms with van der Waals surface area (Å²) in [6.45, 7) is 4.49. The highest BCUT2D eigenvalue weighted by Crippen LogP contribution is 2.44. The van der Waals surface area contributed by atoms with Crippen LogP contribution in [0.4, 0.5) is 0 Å². The monoisotopic (exact) mass is 356 g/mol. The summed E-state index contributed by atoms with van der Waals surface area (Å²) in [7, 11) is 0. The highest BCUT2D eigenvalue weighted by molar-refractivity contribution is 6.30. The summed E-state index contributed by atoms with van der Waals surface area (Å²) in [5, 5.41) is 0.806. The van der Waals surface area contributed by atoms with E-state index in [0.29, 0.717) is 5.92 Å². The molecule has 0 aliphatic heterocycles. The van der Waals surface area contributed by atoms with Crippen molar-refractivity contribution in [3.8, 4) is 0 Å². The SMILES string of the molecule is CC1=C(C=C(c2ccccc2)c2ccccc2)C(C)c2cc(Cl)ccc21. The van der Waals surface area contributed by atoms with Gasteiger partial charge in [-0.05, 0) is 64.1 Å². The number of allylic oxidation sites excluding steroid dienone is 3. The Bertz CT molecular complexity index is 953. The zero-order chi connectivity index (χ0) is 18.1. The Morgan fingerprint density at radius 3 is 2.00 bits per heavy atom. The molecule has 1 unspecified atom stereocenters. The van der Waals surface area contributed by atoms with Crippen LogP contribution in [0.5, 0.6) is 0 Å². The van der Waals surface area contributed by atoms with Gasteiger partial charge in [-0.2, -0.15) is 0 Å². The van der Waals surface area contributed by atoms with Crippen molar-refractivity contribution in [1.82, 2.24) is 0 Å². The van der Waals surface area contributed by atoms with E-state index in [9.17, 15) is 0 Å². The van der Waals surface area contributed by atoms with Gasteiger partial charge >= 0.3 is 0 Å². The Morgan fingerprint density at radius 2 is 1.42 bits per heavy atom. The van der Waals surface area contributed by atoms with E-state index in [4.69, 9.17) is 11.6 Å². The first-order chi connectivity index (χ1) is 12.6. The highest BCUT2D eigenvalue weighted by atomic mass is 35.5. The van der Waals surface area contributed by atoms with Crippen molar-refractivity contribution in [1.29, 1.82) is 0 Å². The molecular formula is C25H21Cl. The zero-order valence-corrected chi connectivity index (χ0v) is 15.8. The molecule has 4 rings (SSSR count). The van der Waals surface area contributed by atoms with Gasteiger partial charge in [-0.1, -0.05) is 85.3 Å². The van der Waals surface area contributed by atoms with E-state index in [1.165, 1.54) is 39.0 Å². The summed E-state index contributed by atoms with van der Waals surface area (Å²) >= 11 is 6.25. The third-order valence-corrected chi connectivity index (χ3v) is 5.49. The molecule has 1 aliphatic carbocycles. The van der Waals surface area contributed by atoms with Crippen LogP contribution in [-0.4, -0.2) is 0 Å². The maximum atomic E-state index is 6.25. The van der Waals surface area contributed by atoms with Gasteiger partial charge in [0.25, 0.3) is 0 Å². The van der Waals surface area contributed by atoms with E-state index in [2.05, 4.69) is 92.7 Å². The van der Waals surface area contributed by atoms with Gasteiger partial charge in [0.15, 0.2) is 0 Å². The zero-order valence-electron chi connectivity index (χ0n) is 15.0. The Labute approximate surface area is 160 Å². The smallest absolute Gasteiger partial charge is 0.0409 e. The molecule has 128 valence electrons. The minimum absolute atomic E-state index is 0.339. The van der Waals surface area contributed by atoms with Gasteiger partial charge in [0.05, 0.1) is 0 Å². The minimum Gasteiger partial charge on any atom is -0.0843 e. The van der Waals surface area contributed by atoms with E-state index >= 15 is 0 Å². The third kappa shape index (κ3) is 3.02. The summed E-state index contributed by atoms with van der Waals surface area (Å²) in [6.07, 6.45) is 2.36. The summed E-state index contributed by atoms with van der Waals surface area (Å²) in [5.41, 5.74) is 9.07. The molecule has 26 heavy (non-hydrogen) atoms. The molecule has 0 fully saturated rings. The van der Waals surface area contributed by atoms with Crippen molar-refractivity contribution in [3.63, 3.8) is 0 Å². The summed E-state index contributed by atoms with van der Waals surface area (Å²) < 4.78 is 0. The number of fused-ring (bicyclic) bond motifs is 1. The molecular weight excluding hydrogens is 336 g/mol. The van der Waals surface area contributed by atoms with E-state index in [-0.39, 0.29) is 0 Å². The topological polar surface area (TPSA) is 0 Å². The fourth-order valence-corrected chi connectivity index (χ4v) is 4.02. The quantitative estimate of drug-likeness (QED) is 0.459. The van der Waals surface area contributed by atoms with Gasteiger partial charge in [0, 0.05) is 10.9 Å². The molecule has 0 amide bonds. The van der Waals surface area contributed by atoms with Gasteiger partial charge in [0.1, 0.15) is 0 Å². The van der Waals surface area contributed by atoms with Crippen LogP contribution in [-0.2, 0) is 0 Å². The summed E-state index contributed by atoms with van der Waals surface area (Å²) in [5.74, 6) is 0.339.